The Bertz CT molecular complexity index is 1210. The standard InChI is InChI=1S/C16H8N4O3S/c21-13-12-9(6-24-16(12)18-7-17-13)14-19-20-15(23-14)11-5-8-3-1-2-4-10(8)22-11/h1-7H,(H,17,18,21). The lowest BCUT2D eigenvalue weighted by molar-refractivity contribution is 0.542. The van der Waals surface area contributed by atoms with E-state index < -0.39 is 0 Å². The van der Waals surface area contributed by atoms with Crippen molar-refractivity contribution in [3.8, 4) is 23.1 Å². The van der Waals surface area contributed by atoms with Crippen molar-refractivity contribution in [1.29, 1.82) is 0 Å². The van der Waals surface area contributed by atoms with Gasteiger partial charge in [0.25, 0.3) is 11.4 Å². The van der Waals surface area contributed by atoms with E-state index in [0.717, 1.165) is 11.0 Å². The molecule has 1 N–H and O–H groups in total. The van der Waals surface area contributed by atoms with Crippen molar-refractivity contribution in [2.45, 2.75) is 0 Å². The Balaban J connectivity index is 1.65. The second-order valence-electron chi connectivity index (χ2n) is 5.12. The van der Waals surface area contributed by atoms with Gasteiger partial charge < -0.3 is 13.8 Å². The summed E-state index contributed by atoms with van der Waals surface area (Å²) in [7, 11) is 0. The molecular weight excluding hydrogens is 328 g/mol. The van der Waals surface area contributed by atoms with Gasteiger partial charge in [-0.15, -0.1) is 21.5 Å². The average Bonchev–Trinajstić information content (AvgIpc) is 3.31. The molecule has 0 atom stereocenters. The Morgan fingerprint density at radius 2 is 1.96 bits per heavy atom. The van der Waals surface area contributed by atoms with Gasteiger partial charge in [-0.2, -0.15) is 0 Å². The van der Waals surface area contributed by atoms with Crippen LogP contribution in [0.25, 0.3) is 44.3 Å². The van der Waals surface area contributed by atoms with Gasteiger partial charge >= 0.3 is 0 Å². The monoisotopic (exact) mass is 336 g/mol. The maximum atomic E-state index is 12.0. The summed E-state index contributed by atoms with van der Waals surface area (Å²) in [5.74, 6) is 1.01. The van der Waals surface area contributed by atoms with E-state index >= 15 is 0 Å². The van der Waals surface area contributed by atoms with Gasteiger partial charge in [0, 0.05) is 10.8 Å². The normalized spacial score (nSPS) is 11.5. The van der Waals surface area contributed by atoms with E-state index in [1.807, 2.05) is 30.3 Å². The maximum absolute atomic E-state index is 12.0. The zero-order valence-electron chi connectivity index (χ0n) is 12.0. The van der Waals surface area contributed by atoms with Gasteiger partial charge in [-0.25, -0.2) is 4.98 Å². The van der Waals surface area contributed by atoms with Crippen LogP contribution in [0.2, 0.25) is 0 Å². The number of fused-ring (bicyclic) bond motifs is 2. The zero-order chi connectivity index (χ0) is 16.1. The van der Waals surface area contributed by atoms with Gasteiger partial charge in [-0.05, 0) is 12.1 Å². The third-order valence-electron chi connectivity index (χ3n) is 3.67. The van der Waals surface area contributed by atoms with E-state index in [9.17, 15) is 4.79 Å². The van der Waals surface area contributed by atoms with E-state index in [0.29, 0.717) is 21.5 Å². The lowest BCUT2D eigenvalue weighted by atomic mass is 10.2. The van der Waals surface area contributed by atoms with Crippen LogP contribution in [0.4, 0.5) is 0 Å². The number of H-pyrrole nitrogens is 1. The van der Waals surface area contributed by atoms with Crippen LogP contribution in [0.3, 0.4) is 0 Å². The number of furan rings is 1. The minimum Gasteiger partial charge on any atom is -0.451 e. The average molecular weight is 336 g/mol. The molecule has 5 aromatic rings. The van der Waals surface area contributed by atoms with Crippen molar-refractivity contribution in [3.05, 3.63) is 52.4 Å². The molecule has 1 aromatic carbocycles. The molecule has 0 bridgehead atoms. The summed E-state index contributed by atoms with van der Waals surface area (Å²) in [4.78, 5) is 19.3. The van der Waals surface area contributed by atoms with Gasteiger partial charge in [0.1, 0.15) is 10.4 Å². The van der Waals surface area contributed by atoms with Crippen LogP contribution < -0.4 is 5.56 Å². The summed E-state index contributed by atoms with van der Waals surface area (Å²) < 4.78 is 11.4. The van der Waals surface area contributed by atoms with Crippen LogP contribution in [-0.4, -0.2) is 20.2 Å². The lowest BCUT2D eigenvalue weighted by Gasteiger charge is -1.91. The molecule has 24 heavy (non-hydrogen) atoms. The highest BCUT2D eigenvalue weighted by molar-refractivity contribution is 7.17. The molecule has 8 heteroatoms. The number of aromatic nitrogens is 4. The first-order valence-corrected chi connectivity index (χ1v) is 7.95. The molecule has 116 valence electrons. The van der Waals surface area contributed by atoms with E-state index in [4.69, 9.17) is 8.83 Å². The molecular formula is C16H8N4O3S. The maximum Gasteiger partial charge on any atom is 0.283 e. The fourth-order valence-electron chi connectivity index (χ4n) is 2.56. The van der Waals surface area contributed by atoms with Crippen molar-refractivity contribution in [3.63, 3.8) is 0 Å². The molecule has 7 nitrogen and oxygen atoms in total. The molecule has 4 aromatic heterocycles. The Hall–Kier alpha value is -3.26. The van der Waals surface area contributed by atoms with Crippen LogP contribution in [-0.2, 0) is 0 Å². The number of thiophene rings is 1. The van der Waals surface area contributed by atoms with Gasteiger partial charge in [0.05, 0.1) is 17.3 Å². The van der Waals surface area contributed by atoms with Crippen molar-refractivity contribution in [2.75, 3.05) is 0 Å². The summed E-state index contributed by atoms with van der Waals surface area (Å²) >= 11 is 1.35. The first-order valence-electron chi connectivity index (χ1n) is 7.07. The Kier molecular flexibility index (Phi) is 2.68. The number of benzene rings is 1. The summed E-state index contributed by atoms with van der Waals surface area (Å²) in [6.45, 7) is 0. The molecule has 0 radical (unpaired) electrons. The minimum atomic E-state index is -0.236. The number of hydrogen-bond acceptors (Lipinski definition) is 7. The number of rotatable bonds is 2. The number of hydrogen-bond donors (Lipinski definition) is 1. The topological polar surface area (TPSA) is 97.8 Å². The molecule has 0 unspecified atom stereocenters. The summed E-state index contributed by atoms with van der Waals surface area (Å²) in [6.07, 6.45) is 1.37. The molecule has 0 aliphatic heterocycles. The lowest BCUT2D eigenvalue weighted by Crippen LogP contribution is -2.05. The van der Waals surface area contributed by atoms with Crippen LogP contribution in [0.15, 0.2) is 55.7 Å². The molecule has 0 spiro atoms. The van der Waals surface area contributed by atoms with Crippen molar-refractivity contribution >= 4 is 32.5 Å². The van der Waals surface area contributed by atoms with Crippen molar-refractivity contribution in [2.24, 2.45) is 0 Å². The highest BCUT2D eigenvalue weighted by atomic mass is 32.1. The van der Waals surface area contributed by atoms with Gasteiger partial charge in [0.2, 0.25) is 5.89 Å². The van der Waals surface area contributed by atoms with Crippen molar-refractivity contribution < 1.29 is 8.83 Å². The minimum absolute atomic E-state index is 0.236. The molecule has 0 fully saturated rings. The first-order chi connectivity index (χ1) is 11.8. The second-order valence-corrected chi connectivity index (χ2v) is 5.98. The van der Waals surface area contributed by atoms with Crippen LogP contribution in [0.5, 0.6) is 0 Å². The fourth-order valence-corrected chi connectivity index (χ4v) is 3.44. The number of para-hydroxylation sites is 1. The van der Waals surface area contributed by atoms with E-state index in [2.05, 4.69) is 20.2 Å². The number of aromatic amines is 1. The van der Waals surface area contributed by atoms with Gasteiger partial charge in [-0.1, -0.05) is 18.2 Å². The molecule has 0 aliphatic rings. The quantitative estimate of drug-likeness (QED) is 0.530. The third-order valence-corrected chi connectivity index (χ3v) is 4.55. The second kappa shape index (κ2) is 4.87. The van der Waals surface area contributed by atoms with Crippen molar-refractivity contribution in [1.82, 2.24) is 20.2 Å². The molecule has 4 heterocycles. The molecule has 0 aliphatic carbocycles. The number of nitrogens with zero attached hydrogens (tertiary/aromatic N) is 3. The Morgan fingerprint density at radius 1 is 1.08 bits per heavy atom. The van der Waals surface area contributed by atoms with Crippen LogP contribution >= 0.6 is 11.3 Å². The van der Waals surface area contributed by atoms with E-state index in [1.54, 1.807) is 5.38 Å². The highest BCUT2D eigenvalue weighted by Crippen LogP contribution is 2.32. The summed E-state index contributed by atoms with van der Waals surface area (Å²) in [5, 5.41) is 11.3. The first kappa shape index (κ1) is 13.2. The predicted molar refractivity (Wildman–Crippen MR) is 88.7 cm³/mol. The SMILES string of the molecule is O=c1[nH]cnc2scc(-c3nnc(-c4cc5ccccc5o4)o3)c12. The van der Waals surface area contributed by atoms with E-state index in [1.165, 1.54) is 17.7 Å². The molecule has 0 amide bonds. The smallest absolute Gasteiger partial charge is 0.283 e. The Labute approximate surface area is 137 Å². The Morgan fingerprint density at radius 3 is 2.88 bits per heavy atom. The molecule has 0 saturated carbocycles. The van der Waals surface area contributed by atoms with Crippen LogP contribution in [0, 0.1) is 0 Å². The zero-order valence-corrected chi connectivity index (χ0v) is 12.8. The van der Waals surface area contributed by atoms with E-state index in [-0.39, 0.29) is 17.3 Å². The largest absolute Gasteiger partial charge is 0.451 e. The summed E-state index contributed by atoms with van der Waals surface area (Å²) in [5.41, 5.74) is 1.08. The highest BCUT2D eigenvalue weighted by Gasteiger charge is 2.19. The fraction of sp³-hybridized carbons (Fsp3) is 0. The third kappa shape index (κ3) is 1.90. The number of nitrogens with one attached hydrogen (secondary N) is 1. The summed E-state index contributed by atoms with van der Waals surface area (Å²) in [6, 6.07) is 9.47. The van der Waals surface area contributed by atoms with Gasteiger partial charge in [-0.3, -0.25) is 4.79 Å². The molecule has 0 saturated heterocycles. The predicted octanol–water partition coefficient (Wildman–Crippen LogP) is 3.45. The van der Waals surface area contributed by atoms with Crippen LogP contribution in [0.1, 0.15) is 0 Å². The molecule has 5 rings (SSSR count). The van der Waals surface area contributed by atoms with Gasteiger partial charge in [0.15, 0.2) is 5.76 Å².